The number of anilines is 1. The Morgan fingerprint density at radius 3 is 2.38 bits per heavy atom. The van der Waals surface area contributed by atoms with Gasteiger partial charge in [-0.05, 0) is 49.1 Å². The summed E-state index contributed by atoms with van der Waals surface area (Å²) in [5, 5.41) is 10.9. The maximum atomic E-state index is 13.8. The quantitative estimate of drug-likeness (QED) is 0.313. The van der Waals surface area contributed by atoms with E-state index in [2.05, 4.69) is 15.9 Å². The number of hydrogen-bond donors (Lipinski definition) is 1. The van der Waals surface area contributed by atoms with Crippen LogP contribution < -0.4 is 4.90 Å². The van der Waals surface area contributed by atoms with E-state index in [0.29, 0.717) is 21.3 Å². The number of imide groups is 2. The van der Waals surface area contributed by atoms with E-state index < -0.39 is 45.2 Å². The van der Waals surface area contributed by atoms with Crippen LogP contribution in [-0.4, -0.2) is 50.4 Å². The highest BCUT2D eigenvalue weighted by Gasteiger charge is 2.76. The van der Waals surface area contributed by atoms with Crippen molar-refractivity contribution in [3.63, 3.8) is 0 Å². The number of nitrogens with zero attached hydrogens (tertiary/aromatic N) is 2. The number of halogens is 3. The highest BCUT2D eigenvalue weighted by molar-refractivity contribution is 9.10. The number of amides is 4. The number of rotatable bonds is 2. The Morgan fingerprint density at radius 2 is 1.68 bits per heavy atom. The molecule has 3 fully saturated rings. The summed E-state index contributed by atoms with van der Waals surface area (Å²) in [7, 11) is 1.33. The Kier molecular flexibility index (Phi) is 5.43. The third kappa shape index (κ3) is 3.06. The summed E-state index contributed by atoms with van der Waals surface area (Å²) < 4.78 is 0.629. The number of benzene rings is 2. The number of alkyl halides is 2. The Labute approximate surface area is 231 Å². The summed E-state index contributed by atoms with van der Waals surface area (Å²) in [5.74, 6) is -5.19. The zero-order valence-corrected chi connectivity index (χ0v) is 22.6. The number of phenolic OH excluding ortho intramolecular Hbond substituents is 1. The van der Waals surface area contributed by atoms with Crippen LogP contribution in [0.4, 0.5) is 5.69 Å². The van der Waals surface area contributed by atoms with Crippen LogP contribution in [0.2, 0.25) is 0 Å². The lowest BCUT2D eigenvalue weighted by Gasteiger charge is -2.50. The molecule has 1 saturated carbocycles. The topological polar surface area (TPSA) is 95.0 Å². The second-order valence-corrected chi connectivity index (χ2v) is 12.2. The lowest BCUT2D eigenvalue weighted by Crippen LogP contribution is -2.60. The summed E-state index contributed by atoms with van der Waals surface area (Å²) in [5.41, 5.74) is 1.43. The van der Waals surface area contributed by atoms with Gasteiger partial charge in [-0.15, -0.1) is 23.2 Å². The van der Waals surface area contributed by atoms with E-state index in [1.807, 2.05) is 6.08 Å². The van der Waals surface area contributed by atoms with Crippen molar-refractivity contribution >= 4 is 68.4 Å². The molecule has 0 radical (unpaired) electrons. The van der Waals surface area contributed by atoms with E-state index in [1.165, 1.54) is 18.0 Å². The van der Waals surface area contributed by atoms with Gasteiger partial charge in [-0.3, -0.25) is 29.0 Å². The van der Waals surface area contributed by atoms with Crippen molar-refractivity contribution in [2.24, 2.45) is 17.8 Å². The molecule has 6 atom stereocenters. The van der Waals surface area contributed by atoms with Crippen LogP contribution in [0, 0.1) is 17.8 Å². The van der Waals surface area contributed by atoms with Crippen LogP contribution in [0.15, 0.2) is 64.7 Å². The number of allylic oxidation sites excluding steroid dienone is 2. The summed E-state index contributed by atoms with van der Waals surface area (Å²) in [6.45, 7) is 0. The molecule has 2 aliphatic heterocycles. The maximum absolute atomic E-state index is 13.8. The molecule has 0 aromatic heterocycles. The highest BCUT2D eigenvalue weighted by atomic mass is 79.9. The SMILES string of the molecule is CN1C(=O)[C@]2(Cl)C[C@@H]3C(=CC[C@@H]4C(=O)N(c5ccccc5)C(=O)[C@@H]43)[C@H](c3cc(Br)ccc3O)[C@]2(Cl)C1=O. The van der Waals surface area contributed by atoms with Crippen LogP contribution >= 0.6 is 39.1 Å². The Hall–Kier alpha value is -2.68. The van der Waals surface area contributed by atoms with Gasteiger partial charge >= 0.3 is 0 Å². The number of hydrogen-bond acceptors (Lipinski definition) is 5. The first-order chi connectivity index (χ1) is 17.5. The highest BCUT2D eigenvalue weighted by Crippen LogP contribution is 2.66. The fourth-order valence-corrected chi connectivity index (χ4v) is 8.07. The first kappa shape index (κ1) is 24.6. The minimum atomic E-state index is -1.93. The molecular weight excluding hydrogens is 583 g/mol. The van der Waals surface area contributed by atoms with Crippen LogP contribution in [-0.2, 0) is 19.2 Å². The van der Waals surface area contributed by atoms with Gasteiger partial charge in [0.1, 0.15) is 5.75 Å². The molecule has 7 nitrogen and oxygen atoms in total. The van der Waals surface area contributed by atoms with Gasteiger partial charge in [0.15, 0.2) is 9.75 Å². The monoisotopic (exact) mass is 602 g/mol. The Balaban J connectivity index is 1.55. The number of carbonyl (C=O) groups excluding carboxylic acids is 4. The van der Waals surface area contributed by atoms with Crippen molar-refractivity contribution in [1.82, 2.24) is 4.90 Å². The molecule has 1 N–H and O–H groups in total. The van der Waals surface area contributed by atoms with E-state index in [-0.39, 0.29) is 30.4 Å². The third-order valence-corrected chi connectivity index (χ3v) is 10.2. The average molecular weight is 604 g/mol. The zero-order valence-electron chi connectivity index (χ0n) is 19.5. The summed E-state index contributed by atoms with van der Waals surface area (Å²) in [6.07, 6.45) is 2.01. The molecule has 6 rings (SSSR count). The molecule has 0 spiro atoms. The molecule has 0 unspecified atom stereocenters. The summed E-state index contributed by atoms with van der Waals surface area (Å²) in [4.78, 5) is 52.6. The molecule has 2 saturated heterocycles. The molecule has 2 heterocycles. The average Bonchev–Trinajstić information content (AvgIpc) is 3.21. The largest absolute Gasteiger partial charge is 0.508 e. The van der Waals surface area contributed by atoms with E-state index >= 15 is 0 Å². The van der Waals surface area contributed by atoms with Gasteiger partial charge in [0.05, 0.1) is 17.5 Å². The molecular formula is C27H21BrCl2N2O5. The predicted octanol–water partition coefficient (Wildman–Crippen LogP) is 4.35. The molecule has 0 bridgehead atoms. The van der Waals surface area contributed by atoms with Crippen molar-refractivity contribution in [3.8, 4) is 5.75 Å². The zero-order chi connectivity index (χ0) is 26.4. The molecule has 4 amide bonds. The van der Waals surface area contributed by atoms with Crippen molar-refractivity contribution in [1.29, 1.82) is 0 Å². The number of likely N-dealkylation sites (tertiary alicyclic amines) is 1. The van der Waals surface area contributed by atoms with Gasteiger partial charge in [-0.25, -0.2) is 0 Å². The van der Waals surface area contributed by atoms with Gasteiger partial charge in [0.2, 0.25) is 11.8 Å². The minimum Gasteiger partial charge on any atom is -0.508 e. The number of carbonyl (C=O) groups is 4. The first-order valence-electron chi connectivity index (χ1n) is 11.8. The summed E-state index contributed by atoms with van der Waals surface area (Å²) >= 11 is 17.6. The van der Waals surface area contributed by atoms with Gasteiger partial charge in [0, 0.05) is 23.0 Å². The van der Waals surface area contributed by atoms with Crippen LogP contribution in [0.5, 0.6) is 5.75 Å². The van der Waals surface area contributed by atoms with Crippen molar-refractivity contribution < 1.29 is 24.3 Å². The van der Waals surface area contributed by atoms with Crippen LogP contribution in [0.25, 0.3) is 0 Å². The number of para-hydroxylation sites is 1. The first-order valence-corrected chi connectivity index (χ1v) is 13.4. The number of phenols is 1. The van der Waals surface area contributed by atoms with Gasteiger partial charge < -0.3 is 5.11 Å². The molecule has 2 aromatic carbocycles. The van der Waals surface area contributed by atoms with E-state index in [0.717, 1.165) is 4.90 Å². The minimum absolute atomic E-state index is 0.0904. The van der Waals surface area contributed by atoms with Crippen LogP contribution in [0.3, 0.4) is 0 Å². The lowest BCUT2D eigenvalue weighted by molar-refractivity contribution is -0.138. The number of aromatic hydroxyl groups is 1. The Bertz CT molecular complexity index is 1430. The predicted molar refractivity (Wildman–Crippen MR) is 140 cm³/mol. The van der Waals surface area contributed by atoms with Gasteiger partial charge in [0.25, 0.3) is 11.8 Å². The normalized spacial score (nSPS) is 34.9. The smallest absolute Gasteiger partial charge is 0.253 e. The second-order valence-electron chi connectivity index (χ2n) is 10.0. The van der Waals surface area contributed by atoms with Gasteiger partial charge in [-0.1, -0.05) is 45.8 Å². The molecule has 2 aromatic rings. The fourth-order valence-electron chi connectivity index (χ4n) is 6.68. The fraction of sp³-hybridized carbons (Fsp3) is 0.333. The molecule has 10 heteroatoms. The van der Waals surface area contributed by atoms with Crippen LogP contribution in [0.1, 0.15) is 24.3 Å². The van der Waals surface area contributed by atoms with E-state index in [9.17, 15) is 24.3 Å². The van der Waals surface area contributed by atoms with E-state index in [4.69, 9.17) is 23.2 Å². The third-order valence-electron chi connectivity index (χ3n) is 8.33. The molecule has 37 heavy (non-hydrogen) atoms. The number of fused-ring (bicyclic) bond motifs is 4. The Morgan fingerprint density at radius 1 is 0.973 bits per heavy atom. The molecule has 2 aliphatic carbocycles. The lowest BCUT2D eigenvalue weighted by atomic mass is 9.56. The second kappa shape index (κ2) is 8.16. The van der Waals surface area contributed by atoms with Crippen molar-refractivity contribution in [3.05, 3.63) is 70.2 Å². The van der Waals surface area contributed by atoms with Crippen molar-refractivity contribution in [2.45, 2.75) is 28.5 Å². The van der Waals surface area contributed by atoms with Gasteiger partial charge in [-0.2, -0.15) is 0 Å². The van der Waals surface area contributed by atoms with Crippen molar-refractivity contribution in [2.75, 3.05) is 11.9 Å². The summed E-state index contributed by atoms with van der Waals surface area (Å²) in [6, 6.07) is 13.5. The molecule has 4 aliphatic rings. The van der Waals surface area contributed by atoms with E-state index in [1.54, 1.807) is 42.5 Å². The standard InChI is InChI=1S/C27H21BrCl2N2O5/c1-31-24(36)26(29)12-18-15(21(27(26,30)25(31)37)17-11-13(28)7-10-19(17)33)8-9-16-20(18)23(35)32(22(16)34)14-5-3-2-4-6-14/h2-8,10-11,16,18,20-21,33H,9,12H2,1H3/t16-,18+,20-,21+,26+,27-/m0/s1. The maximum Gasteiger partial charge on any atom is 0.253 e. The molecule has 190 valence electrons.